The molecule has 0 radical (unpaired) electrons. The normalized spacial score (nSPS) is 9.94. The van der Waals surface area contributed by atoms with E-state index in [-0.39, 0.29) is 10.9 Å². The average Bonchev–Trinajstić information content (AvgIpc) is 2.15. The van der Waals surface area contributed by atoms with Crippen molar-refractivity contribution in [1.82, 2.24) is 0 Å². The van der Waals surface area contributed by atoms with Crippen molar-refractivity contribution in [2.75, 3.05) is 7.11 Å². The number of carbonyl (C=O) groups excluding carboxylic acids is 1. The molecule has 86 valence electrons. The molecule has 0 aliphatic heterocycles. The van der Waals surface area contributed by atoms with E-state index in [2.05, 4.69) is 20.7 Å². The molecule has 0 saturated carbocycles. The molecule has 0 N–H and O–H groups in total. The molecular weight excluding hydrogens is 285 g/mol. The van der Waals surface area contributed by atoms with Crippen molar-refractivity contribution in [3.63, 3.8) is 0 Å². The van der Waals surface area contributed by atoms with Gasteiger partial charge >= 0.3 is 11.7 Å². The Morgan fingerprint density at radius 2 is 2.25 bits per heavy atom. The van der Waals surface area contributed by atoms with Gasteiger partial charge in [-0.15, -0.1) is 0 Å². The lowest BCUT2D eigenvalue weighted by molar-refractivity contribution is -0.388. The lowest BCUT2D eigenvalue weighted by Crippen LogP contribution is -2.05. The Labute approximate surface area is 98.5 Å². The number of ether oxygens (including phenoxy) is 1. The SMILES string of the molecule is COC(=O)Cc1cc(F)c([N+](=O)[O-])c(Br)c1. The third-order valence-corrected chi connectivity index (χ3v) is 2.44. The molecule has 0 aliphatic carbocycles. The van der Waals surface area contributed by atoms with Gasteiger partial charge in [0.05, 0.1) is 22.9 Å². The highest BCUT2D eigenvalue weighted by molar-refractivity contribution is 9.10. The summed E-state index contributed by atoms with van der Waals surface area (Å²) in [5, 5.41) is 10.5. The van der Waals surface area contributed by atoms with Gasteiger partial charge in [0.15, 0.2) is 0 Å². The summed E-state index contributed by atoms with van der Waals surface area (Å²) >= 11 is 2.88. The largest absolute Gasteiger partial charge is 0.469 e. The zero-order chi connectivity index (χ0) is 12.3. The first kappa shape index (κ1) is 12.6. The number of nitro groups is 1. The maximum atomic E-state index is 13.3. The van der Waals surface area contributed by atoms with Crippen LogP contribution in [0.1, 0.15) is 5.56 Å². The monoisotopic (exact) mass is 291 g/mol. The van der Waals surface area contributed by atoms with Gasteiger partial charge in [0.2, 0.25) is 5.82 Å². The van der Waals surface area contributed by atoms with Gasteiger partial charge in [-0.2, -0.15) is 4.39 Å². The van der Waals surface area contributed by atoms with Gasteiger partial charge in [-0.3, -0.25) is 14.9 Å². The Morgan fingerprint density at radius 1 is 1.62 bits per heavy atom. The smallest absolute Gasteiger partial charge is 0.318 e. The number of benzene rings is 1. The number of hydrogen-bond acceptors (Lipinski definition) is 4. The maximum absolute atomic E-state index is 13.3. The third-order valence-electron chi connectivity index (χ3n) is 1.84. The lowest BCUT2D eigenvalue weighted by atomic mass is 10.1. The van der Waals surface area contributed by atoms with Crippen molar-refractivity contribution in [2.45, 2.75) is 6.42 Å². The topological polar surface area (TPSA) is 69.4 Å². The van der Waals surface area contributed by atoms with Crippen LogP contribution >= 0.6 is 15.9 Å². The Balaban J connectivity index is 3.10. The molecular formula is C9H7BrFNO4. The van der Waals surface area contributed by atoms with E-state index >= 15 is 0 Å². The minimum Gasteiger partial charge on any atom is -0.469 e. The number of hydrogen-bond donors (Lipinski definition) is 0. The molecule has 1 aromatic carbocycles. The minimum absolute atomic E-state index is 0.00333. The molecule has 1 rings (SSSR count). The Bertz CT molecular complexity index is 426. The summed E-state index contributed by atoms with van der Waals surface area (Å²) in [4.78, 5) is 20.6. The van der Waals surface area contributed by atoms with Gasteiger partial charge < -0.3 is 4.74 Å². The van der Waals surface area contributed by atoms with E-state index in [9.17, 15) is 19.3 Å². The summed E-state index contributed by atoms with van der Waals surface area (Å²) in [7, 11) is 1.21. The molecule has 1 aromatic rings. The Kier molecular flexibility index (Phi) is 3.94. The van der Waals surface area contributed by atoms with Crippen molar-refractivity contribution in [1.29, 1.82) is 0 Å². The zero-order valence-corrected chi connectivity index (χ0v) is 9.78. The van der Waals surface area contributed by atoms with Gasteiger partial charge in [-0.25, -0.2) is 0 Å². The van der Waals surface area contributed by atoms with Crippen molar-refractivity contribution >= 4 is 27.6 Å². The highest BCUT2D eigenvalue weighted by Crippen LogP contribution is 2.29. The van der Waals surface area contributed by atoms with Gasteiger partial charge in [0, 0.05) is 0 Å². The van der Waals surface area contributed by atoms with Crippen molar-refractivity contribution in [2.24, 2.45) is 0 Å². The van der Waals surface area contributed by atoms with Crippen LogP contribution in [0.15, 0.2) is 16.6 Å². The number of nitro benzene ring substituents is 1. The summed E-state index contributed by atoms with van der Waals surface area (Å²) in [6.45, 7) is 0. The number of carbonyl (C=O) groups is 1. The van der Waals surface area contributed by atoms with Crippen LogP contribution in [0.3, 0.4) is 0 Å². The number of nitrogens with zero attached hydrogens (tertiary/aromatic N) is 1. The van der Waals surface area contributed by atoms with Crippen LogP contribution in [-0.2, 0) is 16.0 Å². The molecule has 0 aliphatic rings. The lowest BCUT2D eigenvalue weighted by Gasteiger charge is -2.02. The fourth-order valence-electron chi connectivity index (χ4n) is 1.13. The summed E-state index contributed by atoms with van der Waals surface area (Å²) in [6, 6.07) is 2.26. The molecule has 0 heterocycles. The van der Waals surface area contributed by atoms with Gasteiger partial charge in [-0.05, 0) is 33.6 Å². The summed E-state index contributed by atoms with van der Waals surface area (Å²) in [5.74, 6) is -1.53. The highest BCUT2D eigenvalue weighted by Gasteiger charge is 2.20. The van der Waals surface area contributed by atoms with Crippen LogP contribution in [0.2, 0.25) is 0 Å². The van der Waals surface area contributed by atoms with E-state index in [1.165, 1.54) is 13.2 Å². The summed E-state index contributed by atoms with van der Waals surface area (Å²) in [5.41, 5.74) is -0.338. The number of esters is 1. The number of methoxy groups -OCH3 is 1. The second-order valence-electron chi connectivity index (χ2n) is 2.92. The van der Waals surface area contributed by atoms with E-state index in [1.807, 2.05) is 0 Å². The van der Waals surface area contributed by atoms with Crippen LogP contribution in [-0.4, -0.2) is 18.0 Å². The van der Waals surface area contributed by atoms with Crippen molar-refractivity contribution < 1.29 is 18.8 Å². The Hall–Kier alpha value is -1.50. The van der Waals surface area contributed by atoms with Gasteiger partial charge in [0.25, 0.3) is 0 Å². The highest BCUT2D eigenvalue weighted by atomic mass is 79.9. The molecule has 0 aromatic heterocycles. The van der Waals surface area contributed by atoms with E-state index in [0.717, 1.165) is 6.07 Å². The molecule has 7 heteroatoms. The first-order valence-electron chi connectivity index (χ1n) is 4.15. The standard InChI is InChI=1S/C9H7BrFNO4/c1-16-8(13)4-5-2-6(10)9(12(14)15)7(11)3-5/h2-3H,4H2,1H3. The first-order valence-corrected chi connectivity index (χ1v) is 4.94. The molecule has 0 atom stereocenters. The third kappa shape index (κ3) is 2.75. The van der Waals surface area contributed by atoms with E-state index in [4.69, 9.17) is 0 Å². The van der Waals surface area contributed by atoms with Crippen LogP contribution in [0.4, 0.5) is 10.1 Å². The average molecular weight is 292 g/mol. The van der Waals surface area contributed by atoms with Crippen molar-refractivity contribution in [3.8, 4) is 0 Å². The first-order chi connectivity index (χ1) is 7.45. The predicted octanol–water partition coefficient (Wildman–Crippen LogP) is 2.21. The fraction of sp³-hybridized carbons (Fsp3) is 0.222. The van der Waals surface area contributed by atoms with Gasteiger partial charge in [0.1, 0.15) is 0 Å². The van der Waals surface area contributed by atoms with Crippen LogP contribution < -0.4 is 0 Å². The van der Waals surface area contributed by atoms with E-state index < -0.39 is 22.4 Å². The second kappa shape index (κ2) is 5.02. The number of halogens is 2. The molecule has 0 unspecified atom stereocenters. The van der Waals surface area contributed by atoms with Crippen LogP contribution in [0, 0.1) is 15.9 Å². The summed E-state index contributed by atoms with van der Waals surface area (Å²) in [6.07, 6.45) is -0.135. The van der Waals surface area contributed by atoms with Crippen molar-refractivity contribution in [3.05, 3.63) is 38.1 Å². The molecule has 16 heavy (non-hydrogen) atoms. The molecule has 0 fully saturated rings. The van der Waals surface area contributed by atoms with E-state index in [1.54, 1.807) is 0 Å². The fourth-order valence-corrected chi connectivity index (χ4v) is 1.76. The molecule has 0 bridgehead atoms. The van der Waals surface area contributed by atoms with E-state index in [0.29, 0.717) is 5.56 Å². The van der Waals surface area contributed by atoms with Gasteiger partial charge in [-0.1, -0.05) is 0 Å². The molecule has 5 nitrogen and oxygen atoms in total. The molecule has 0 spiro atoms. The quantitative estimate of drug-likeness (QED) is 0.486. The second-order valence-corrected chi connectivity index (χ2v) is 3.77. The maximum Gasteiger partial charge on any atom is 0.318 e. The number of rotatable bonds is 3. The minimum atomic E-state index is -0.988. The predicted molar refractivity (Wildman–Crippen MR) is 56.5 cm³/mol. The summed E-state index contributed by atoms with van der Waals surface area (Å²) < 4.78 is 17.7. The van der Waals surface area contributed by atoms with Crippen LogP contribution in [0.5, 0.6) is 0 Å². The van der Waals surface area contributed by atoms with Crippen LogP contribution in [0.25, 0.3) is 0 Å². The Morgan fingerprint density at radius 3 is 2.69 bits per heavy atom. The molecule has 0 amide bonds. The molecule has 0 saturated heterocycles. The zero-order valence-electron chi connectivity index (χ0n) is 8.20.